The van der Waals surface area contributed by atoms with Gasteiger partial charge in [0.05, 0.1) is 11.8 Å². The SMILES string of the molecule is CCn1c(=NC(=O)c2ccc(F)cc2)sc2cccc(OC)c21. The summed E-state index contributed by atoms with van der Waals surface area (Å²) in [5, 5.41) is 0. The number of rotatable bonds is 3. The van der Waals surface area contributed by atoms with Crippen molar-refractivity contribution in [2.75, 3.05) is 7.11 Å². The smallest absolute Gasteiger partial charge is 0.279 e. The molecule has 0 spiro atoms. The Hall–Kier alpha value is -2.47. The zero-order valence-electron chi connectivity index (χ0n) is 12.7. The predicted octanol–water partition coefficient (Wildman–Crippen LogP) is 3.61. The van der Waals surface area contributed by atoms with E-state index in [0.29, 0.717) is 16.9 Å². The van der Waals surface area contributed by atoms with Gasteiger partial charge in [-0.3, -0.25) is 4.79 Å². The predicted molar refractivity (Wildman–Crippen MR) is 88.3 cm³/mol. The number of fused-ring (bicyclic) bond motifs is 1. The summed E-state index contributed by atoms with van der Waals surface area (Å²) in [6.45, 7) is 2.65. The van der Waals surface area contributed by atoms with Crippen LogP contribution < -0.4 is 9.54 Å². The lowest BCUT2D eigenvalue weighted by Gasteiger charge is -2.05. The lowest BCUT2D eigenvalue weighted by atomic mass is 10.2. The lowest BCUT2D eigenvalue weighted by molar-refractivity contribution is 0.0998. The number of nitrogens with zero attached hydrogens (tertiary/aromatic N) is 2. The van der Waals surface area contributed by atoms with Gasteiger partial charge in [0.15, 0.2) is 4.80 Å². The number of hydrogen-bond donors (Lipinski definition) is 0. The molecule has 3 rings (SSSR count). The minimum absolute atomic E-state index is 0.360. The van der Waals surface area contributed by atoms with Gasteiger partial charge in [-0.1, -0.05) is 17.4 Å². The quantitative estimate of drug-likeness (QED) is 0.736. The number of benzene rings is 2. The molecule has 118 valence electrons. The number of thiazole rings is 1. The summed E-state index contributed by atoms with van der Waals surface area (Å²) >= 11 is 1.43. The molecule has 0 radical (unpaired) electrons. The van der Waals surface area contributed by atoms with Crippen LogP contribution >= 0.6 is 11.3 Å². The molecule has 2 aromatic carbocycles. The van der Waals surface area contributed by atoms with Crippen molar-refractivity contribution in [2.45, 2.75) is 13.5 Å². The maximum absolute atomic E-state index is 13.0. The Bertz CT molecular complexity index is 926. The highest BCUT2D eigenvalue weighted by Crippen LogP contribution is 2.27. The number of halogens is 1. The number of hydrogen-bond acceptors (Lipinski definition) is 3. The highest BCUT2D eigenvalue weighted by molar-refractivity contribution is 7.16. The van der Waals surface area contributed by atoms with Crippen LogP contribution in [0.1, 0.15) is 17.3 Å². The van der Waals surface area contributed by atoms with E-state index in [4.69, 9.17) is 4.74 Å². The van der Waals surface area contributed by atoms with E-state index >= 15 is 0 Å². The summed E-state index contributed by atoms with van der Waals surface area (Å²) in [6, 6.07) is 11.1. The van der Waals surface area contributed by atoms with Crippen molar-refractivity contribution in [3.63, 3.8) is 0 Å². The molecule has 3 aromatic rings. The van der Waals surface area contributed by atoms with Gasteiger partial charge < -0.3 is 9.30 Å². The first-order chi connectivity index (χ1) is 11.1. The van der Waals surface area contributed by atoms with Crippen molar-refractivity contribution in [3.05, 3.63) is 58.6 Å². The summed E-state index contributed by atoms with van der Waals surface area (Å²) in [5.41, 5.74) is 1.28. The second-order valence-corrected chi connectivity index (χ2v) is 5.87. The van der Waals surface area contributed by atoms with Crippen LogP contribution in [-0.2, 0) is 6.54 Å². The molecule has 1 amide bonds. The van der Waals surface area contributed by atoms with Crippen LogP contribution in [0.15, 0.2) is 47.5 Å². The molecular weight excluding hydrogens is 315 g/mol. The Morgan fingerprint density at radius 3 is 2.65 bits per heavy atom. The second kappa shape index (κ2) is 6.34. The third kappa shape index (κ3) is 2.90. The van der Waals surface area contributed by atoms with Gasteiger partial charge in [0.25, 0.3) is 5.91 Å². The first-order valence-corrected chi connectivity index (χ1v) is 7.96. The Labute approximate surface area is 136 Å². The number of carbonyl (C=O) groups is 1. The molecule has 0 saturated heterocycles. The number of amides is 1. The van der Waals surface area contributed by atoms with Crippen LogP contribution in [0.5, 0.6) is 5.75 Å². The van der Waals surface area contributed by atoms with Gasteiger partial charge in [0, 0.05) is 12.1 Å². The molecule has 0 bridgehead atoms. The van der Waals surface area contributed by atoms with E-state index in [1.807, 2.05) is 29.7 Å². The molecule has 0 saturated carbocycles. The molecule has 1 heterocycles. The van der Waals surface area contributed by atoms with E-state index in [1.165, 1.54) is 35.6 Å². The Morgan fingerprint density at radius 2 is 2.00 bits per heavy atom. The Morgan fingerprint density at radius 1 is 1.26 bits per heavy atom. The molecule has 0 aliphatic rings. The summed E-state index contributed by atoms with van der Waals surface area (Å²) in [6.07, 6.45) is 0. The Kier molecular flexibility index (Phi) is 4.25. The molecule has 0 aliphatic heterocycles. The normalized spacial score (nSPS) is 11.9. The summed E-state index contributed by atoms with van der Waals surface area (Å²) in [7, 11) is 1.62. The third-order valence-electron chi connectivity index (χ3n) is 3.49. The number of carbonyl (C=O) groups excluding carboxylic acids is 1. The minimum Gasteiger partial charge on any atom is -0.495 e. The van der Waals surface area contributed by atoms with E-state index in [0.717, 1.165) is 16.0 Å². The second-order valence-electron chi connectivity index (χ2n) is 4.86. The van der Waals surface area contributed by atoms with E-state index in [-0.39, 0.29) is 5.82 Å². The van der Waals surface area contributed by atoms with Gasteiger partial charge in [-0.2, -0.15) is 4.99 Å². The first-order valence-electron chi connectivity index (χ1n) is 7.15. The molecular formula is C17H15FN2O2S. The molecule has 0 aliphatic carbocycles. The van der Waals surface area contributed by atoms with Crippen molar-refractivity contribution in [2.24, 2.45) is 4.99 Å². The van der Waals surface area contributed by atoms with Gasteiger partial charge >= 0.3 is 0 Å². The van der Waals surface area contributed by atoms with E-state index in [1.54, 1.807) is 7.11 Å². The molecule has 0 fully saturated rings. The third-order valence-corrected chi connectivity index (χ3v) is 4.53. The molecule has 4 nitrogen and oxygen atoms in total. The van der Waals surface area contributed by atoms with Gasteiger partial charge in [-0.05, 0) is 43.3 Å². The number of para-hydroxylation sites is 1. The van der Waals surface area contributed by atoms with Crippen LogP contribution in [0, 0.1) is 5.82 Å². The van der Waals surface area contributed by atoms with E-state index < -0.39 is 5.91 Å². The fourth-order valence-electron chi connectivity index (χ4n) is 2.38. The van der Waals surface area contributed by atoms with Gasteiger partial charge in [0.1, 0.15) is 17.1 Å². The highest BCUT2D eigenvalue weighted by atomic mass is 32.1. The molecule has 0 atom stereocenters. The molecule has 1 aromatic heterocycles. The molecule has 0 unspecified atom stereocenters. The lowest BCUT2D eigenvalue weighted by Crippen LogP contribution is -2.16. The number of aryl methyl sites for hydroxylation is 1. The highest BCUT2D eigenvalue weighted by Gasteiger charge is 2.11. The van der Waals surface area contributed by atoms with Crippen LogP contribution in [0.2, 0.25) is 0 Å². The number of aromatic nitrogens is 1. The molecule has 0 N–H and O–H groups in total. The number of methoxy groups -OCH3 is 1. The minimum atomic E-state index is -0.391. The maximum Gasteiger partial charge on any atom is 0.279 e. The maximum atomic E-state index is 13.0. The van der Waals surface area contributed by atoms with Crippen molar-refractivity contribution < 1.29 is 13.9 Å². The topological polar surface area (TPSA) is 43.6 Å². The standard InChI is InChI=1S/C17H15FN2O2S/c1-3-20-15-13(22-2)5-4-6-14(15)23-17(20)19-16(21)11-7-9-12(18)10-8-11/h4-10H,3H2,1-2H3. The zero-order chi connectivity index (χ0) is 16.4. The van der Waals surface area contributed by atoms with Crippen LogP contribution in [0.3, 0.4) is 0 Å². The first kappa shape index (κ1) is 15.4. The van der Waals surface area contributed by atoms with Crippen molar-refractivity contribution in [1.82, 2.24) is 4.57 Å². The average molecular weight is 330 g/mol. The van der Waals surface area contributed by atoms with Crippen LogP contribution in [0.4, 0.5) is 4.39 Å². The fraction of sp³-hybridized carbons (Fsp3) is 0.176. The zero-order valence-corrected chi connectivity index (χ0v) is 13.6. The molecule has 23 heavy (non-hydrogen) atoms. The Balaban J connectivity index is 2.15. The monoisotopic (exact) mass is 330 g/mol. The van der Waals surface area contributed by atoms with E-state index in [2.05, 4.69) is 4.99 Å². The van der Waals surface area contributed by atoms with Crippen molar-refractivity contribution in [1.29, 1.82) is 0 Å². The van der Waals surface area contributed by atoms with Crippen LogP contribution in [-0.4, -0.2) is 17.6 Å². The summed E-state index contributed by atoms with van der Waals surface area (Å²) in [4.78, 5) is 17.1. The van der Waals surface area contributed by atoms with E-state index in [9.17, 15) is 9.18 Å². The van der Waals surface area contributed by atoms with Crippen LogP contribution in [0.25, 0.3) is 10.2 Å². The van der Waals surface area contributed by atoms with Gasteiger partial charge in [0.2, 0.25) is 0 Å². The molecule has 6 heteroatoms. The summed E-state index contributed by atoms with van der Waals surface area (Å²) < 4.78 is 21.3. The summed E-state index contributed by atoms with van der Waals surface area (Å²) in [5.74, 6) is -0.0224. The number of ether oxygens (including phenoxy) is 1. The fourth-order valence-corrected chi connectivity index (χ4v) is 3.49. The largest absolute Gasteiger partial charge is 0.495 e. The van der Waals surface area contributed by atoms with Crippen molar-refractivity contribution in [3.8, 4) is 5.75 Å². The van der Waals surface area contributed by atoms with Crippen molar-refractivity contribution >= 4 is 27.5 Å². The van der Waals surface area contributed by atoms with Gasteiger partial charge in [-0.15, -0.1) is 0 Å². The average Bonchev–Trinajstić information content (AvgIpc) is 2.92. The van der Waals surface area contributed by atoms with Gasteiger partial charge in [-0.25, -0.2) is 4.39 Å².